The van der Waals surface area contributed by atoms with Gasteiger partial charge in [-0.05, 0) is 51.8 Å². The zero-order valence-electron chi connectivity index (χ0n) is 13.8. The third-order valence-electron chi connectivity index (χ3n) is 3.09. The van der Waals surface area contributed by atoms with Crippen molar-refractivity contribution in [2.75, 3.05) is 16.5 Å². The molecule has 0 spiro atoms. The zero-order valence-corrected chi connectivity index (χ0v) is 13.8. The summed E-state index contributed by atoms with van der Waals surface area (Å²) in [4.78, 5) is 8.41. The standard InChI is InChI=1S/C16H24N6/c1-10-6-7-11(2)12(8-10)20-14-13(17)15(19-9-18-14)21-22-16(3,4)5/h6-9,22H,17H2,1-5H3,(H2,18,19,20,21). The van der Waals surface area contributed by atoms with E-state index in [1.165, 1.54) is 11.9 Å². The van der Waals surface area contributed by atoms with Gasteiger partial charge in [-0.1, -0.05) is 12.1 Å². The Balaban J connectivity index is 2.23. The molecule has 2 rings (SSSR count). The van der Waals surface area contributed by atoms with Gasteiger partial charge in [0, 0.05) is 11.2 Å². The maximum absolute atomic E-state index is 6.16. The van der Waals surface area contributed by atoms with Crippen LogP contribution >= 0.6 is 0 Å². The van der Waals surface area contributed by atoms with Crippen molar-refractivity contribution in [3.05, 3.63) is 35.7 Å². The molecule has 22 heavy (non-hydrogen) atoms. The molecule has 1 aromatic heterocycles. The van der Waals surface area contributed by atoms with Gasteiger partial charge in [0.25, 0.3) is 0 Å². The summed E-state index contributed by atoms with van der Waals surface area (Å²) in [7, 11) is 0. The Morgan fingerprint density at radius 1 is 1.05 bits per heavy atom. The highest BCUT2D eigenvalue weighted by Gasteiger charge is 2.13. The highest BCUT2D eigenvalue weighted by molar-refractivity contribution is 5.78. The molecule has 118 valence electrons. The molecule has 0 aliphatic carbocycles. The van der Waals surface area contributed by atoms with Crippen LogP contribution in [-0.4, -0.2) is 15.5 Å². The fourth-order valence-electron chi connectivity index (χ4n) is 1.84. The lowest BCUT2D eigenvalue weighted by molar-refractivity contribution is 0.464. The Labute approximate surface area is 131 Å². The van der Waals surface area contributed by atoms with Crippen LogP contribution in [0.5, 0.6) is 0 Å². The minimum atomic E-state index is -0.0991. The van der Waals surface area contributed by atoms with E-state index < -0.39 is 0 Å². The normalized spacial score (nSPS) is 11.3. The molecule has 0 aliphatic rings. The molecule has 0 aliphatic heterocycles. The lowest BCUT2D eigenvalue weighted by Gasteiger charge is -2.22. The molecule has 2 aromatic rings. The molecule has 6 heteroatoms. The van der Waals surface area contributed by atoms with Crippen LogP contribution in [0.25, 0.3) is 0 Å². The lowest BCUT2D eigenvalue weighted by Crippen LogP contribution is -2.40. The van der Waals surface area contributed by atoms with Gasteiger partial charge in [-0.3, -0.25) is 0 Å². The van der Waals surface area contributed by atoms with E-state index in [1.807, 2.05) is 34.6 Å². The Kier molecular flexibility index (Phi) is 4.51. The average Bonchev–Trinajstić information content (AvgIpc) is 2.43. The molecular weight excluding hydrogens is 276 g/mol. The number of nitrogens with zero attached hydrogens (tertiary/aromatic N) is 2. The monoisotopic (exact) mass is 300 g/mol. The highest BCUT2D eigenvalue weighted by Crippen LogP contribution is 2.27. The smallest absolute Gasteiger partial charge is 0.169 e. The molecule has 0 atom stereocenters. The first-order valence-corrected chi connectivity index (χ1v) is 7.24. The van der Waals surface area contributed by atoms with Gasteiger partial charge < -0.3 is 16.5 Å². The number of nitrogen functional groups attached to an aromatic ring is 1. The lowest BCUT2D eigenvalue weighted by atomic mass is 10.1. The zero-order chi connectivity index (χ0) is 16.3. The predicted octanol–water partition coefficient (Wildman–Crippen LogP) is 3.13. The van der Waals surface area contributed by atoms with Crippen molar-refractivity contribution < 1.29 is 0 Å². The number of nitrogens with two attached hydrogens (primary N) is 1. The van der Waals surface area contributed by atoms with Crippen LogP contribution in [0, 0.1) is 13.8 Å². The average molecular weight is 300 g/mol. The van der Waals surface area contributed by atoms with E-state index >= 15 is 0 Å². The molecule has 0 saturated carbocycles. The summed E-state index contributed by atoms with van der Waals surface area (Å²) in [5.41, 5.74) is 16.0. The van der Waals surface area contributed by atoms with Crippen molar-refractivity contribution in [2.24, 2.45) is 0 Å². The summed E-state index contributed by atoms with van der Waals surface area (Å²) in [6.45, 7) is 10.2. The predicted molar refractivity (Wildman–Crippen MR) is 92.2 cm³/mol. The van der Waals surface area contributed by atoms with E-state index in [2.05, 4.69) is 44.3 Å². The first-order chi connectivity index (χ1) is 10.3. The van der Waals surface area contributed by atoms with Crippen LogP contribution in [-0.2, 0) is 0 Å². The fraction of sp³-hybridized carbons (Fsp3) is 0.375. The molecule has 6 nitrogen and oxygen atoms in total. The number of rotatable bonds is 4. The maximum Gasteiger partial charge on any atom is 0.169 e. The van der Waals surface area contributed by atoms with E-state index in [4.69, 9.17) is 5.73 Å². The first kappa shape index (κ1) is 16.0. The Morgan fingerprint density at radius 3 is 2.41 bits per heavy atom. The highest BCUT2D eigenvalue weighted by atomic mass is 15.4. The van der Waals surface area contributed by atoms with Crippen LogP contribution < -0.4 is 21.9 Å². The molecule has 0 unspecified atom stereocenters. The van der Waals surface area contributed by atoms with Crippen molar-refractivity contribution >= 4 is 23.0 Å². The number of aromatic nitrogens is 2. The second-order valence-electron chi connectivity index (χ2n) is 6.43. The van der Waals surface area contributed by atoms with Gasteiger partial charge in [-0.2, -0.15) is 0 Å². The summed E-state index contributed by atoms with van der Waals surface area (Å²) in [5, 5.41) is 3.27. The molecule has 1 aromatic carbocycles. The Bertz CT molecular complexity index is 660. The maximum atomic E-state index is 6.16. The van der Waals surface area contributed by atoms with Gasteiger partial charge in [-0.25, -0.2) is 15.4 Å². The molecule has 0 saturated heterocycles. The number of aryl methyl sites for hydroxylation is 2. The molecule has 5 N–H and O–H groups in total. The molecule has 0 amide bonds. The second-order valence-corrected chi connectivity index (χ2v) is 6.43. The molecule has 0 bridgehead atoms. The van der Waals surface area contributed by atoms with E-state index in [-0.39, 0.29) is 5.54 Å². The van der Waals surface area contributed by atoms with Gasteiger partial charge in [0.15, 0.2) is 11.6 Å². The first-order valence-electron chi connectivity index (χ1n) is 7.24. The second kappa shape index (κ2) is 6.19. The van der Waals surface area contributed by atoms with Crippen LogP contribution in [0.3, 0.4) is 0 Å². The summed E-state index contributed by atoms with van der Waals surface area (Å²) in [6, 6.07) is 6.21. The summed E-state index contributed by atoms with van der Waals surface area (Å²) >= 11 is 0. The quantitative estimate of drug-likeness (QED) is 0.649. The van der Waals surface area contributed by atoms with Crippen LogP contribution in [0.2, 0.25) is 0 Å². The Hall–Kier alpha value is -2.34. The third-order valence-corrected chi connectivity index (χ3v) is 3.09. The molecule has 1 heterocycles. The van der Waals surface area contributed by atoms with E-state index in [9.17, 15) is 0 Å². The number of anilines is 4. The molecular formula is C16H24N6. The van der Waals surface area contributed by atoms with Crippen molar-refractivity contribution in [2.45, 2.75) is 40.2 Å². The van der Waals surface area contributed by atoms with Crippen molar-refractivity contribution in [1.82, 2.24) is 15.4 Å². The summed E-state index contributed by atoms with van der Waals surface area (Å²) < 4.78 is 0. The Morgan fingerprint density at radius 2 is 1.73 bits per heavy atom. The van der Waals surface area contributed by atoms with Gasteiger partial charge >= 0.3 is 0 Å². The van der Waals surface area contributed by atoms with Gasteiger partial charge in [0.05, 0.1) is 0 Å². The number of nitrogens with one attached hydrogen (secondary N) is 3. The minimum absolute atomic E-state index is 0.0991. The van der Waals surface area contributed by atoms with Crippen LogP contribution in [0.1, 0.15) is 31.9 Å². The van der Waals surface area contributed by atoms with E-state index in [0.29, 0.717) is 17.3 Å². The van der Waals surface area contributed by atoms with E-state index in [1.54, 1.807) is 0 Å². The van der Waals surface area contributed by atoms with Crippen molar-refractivity contribution in [3.63, 3.8) is 0 Å². The molecule has 0 radical (unpaired) electrons. The van der Waals surface area contributed by atoms with Crippen LogP contribution in [0.4, 0.5) is 23.0 Å². The summed E-state index contributed by atoms with van der Waals surface area (Å²) in [6.07, 6.45) is 1.48. The fourth-order valence-corrected chi connectivity index (χ4v) is 1.84. The number of hydrogen-bond acceptors (Lipinski definition) is 6. The van der Waals surface area contributed by atoms with Gasteiger partial charge in [0.1, 0.15) is 12.0 Å². The molecule has 0 fully saturated rings. The van der Waals surface area contributed by atoms with Gasteiger partial charge in [0.2, 0.25) is 0 Å². The SMILES string of the molecule is Cc1ccc(C)c(Nc2ncnc(NNC(C)(C)C)c2N)c1. The minimum Gasteiger partial charge on any atom is -0.393 e. The van der Waals surface area contributed by atoms with E-state index in [0.717, 1.165) is 11.3 Å². The number of hydrogen-bond donors (Lipinski definition) is 4. The number of benzene rings is 1. The van der Waals surface area contributed by atoms with Gasteiger partial charge in [-0.15, -0.1) is 0 Å². The van der Waals surface area contributed by atoms with Crippen LogP contribution in [0.15, 0.2) is 24.5 Å². The number of hydrazine groups is 1. The topological polar surface area (TPSA) is 87.9 Å². The third kappa shape index (κ3) is 4.08. The largest absolute Gasteiger partial charge is 0.393 e. The summed E-state index contributed by atoms with van der Waals surface area (Å²) in [5.74, 6) is 1.14. The van der Waals surface area contributed by atoms with Crippen molar-refractivity contribution in [3.8, 4) is 0 Å². The van der Waals surface area contributed by atoms with Crippen molar-refractivity contribution in [1.29, 1.82) is 0 Å².